The van der Waals surface area contributed by atoms with Crippen LogP contribution in [0.15, 0.2) is 182 Å². The third-order valence-corrected chi connectivity index (χ3v) is 19.8. The van der Waals surface area contributed by atoms with E-state index in [1.165, 1.54) is 66.8 Å². The molecule has 0 aliphatic heterocycles. The van der Waals surface area contributed by atoms with E-state index in [0.29, 0.717) is 0 Å². The van der Waals surface area contributed by atoms with Gasteiger partial charge < -0.3 is 0 Å². The fourth-order valence-corrected chi connectivity index (χ4v) is 16.4. The Labute approximate surface area is 500 Å². The number of fused-ring (bicyclic) bond motifs is 3. The van der Waals surface area contributed by atoms with Crippen molar-refractivity contribution in [1.29, 1.82) is 0 Å². The molecule has 3 heteroatoms. The summed E-state index contributed by atoms with van der Waals surface area (Å²) < 4.78 is 0. The zero-order valence-electron chi connectivity index (χ0n) is 52.3. The van der Waals surface area contributed by atoms with Gasteiger partial charge in [0.25, 0.3) is 0 Å². The zero-order chi connectivity index (χ0) is 59.0. The second-order valence-corrected chi connectivity index (χ2v) is 29.2. The lowest BCUT2D eigenvalue weighted by Gasteiger charge is -2.22. The van der Waals surface area contributed by atoms with Crippen LogP contribution >= 0.6 is 0 Å². The predicted molar refractivity (Wildman–Crippen MR) is 355 cm³/mol. The van der Waals surface area contributed by atoms with Gasteiger partial charge in [0.15, 0.2) is 0 Å². The van der Waals surface area contributed by atoms with Gasteiger partial charge in [-0.15, -0.1) is 0 Å². The number of aromatic nitrogens is 3. The monoisotopic (exact) mass is 1100 g/mol. The maximum atomic E-state index is 5.26. The molecule has 0 unspecified atom stereocenters. The van der Waals surface area contributed by atoms with Crippen molar-refractivity contribution in [3.05, 3.63) is 232 Å². The van der Waals surface area contributed by atoms with Crippen LogP contribution in [0, 0.1) is 20.8 Å². The number of hydrogen-bond donors (Lipinski definition) is 0. The average Bonchev–Trinajstić information content (AvgIpc) is 2.77. The standard InChI is InChI=1S/C81H81N3/c1-49-34-73(52-28-31-67-70(40-52)79(10,11)46-76(67,4)5)82-43-64(49)61-25-19-16-22-58(61)55-37-56(59-23-17-20-26-62(59)65-44-83-74(35-50(65)2)53-29-32-68-71(41-53)80(12,13)47-77(68,6)7)39-57(38-55)60-24-18-21-27-63(60)66-45-84-75(36-51(66)3)54-30-33-69-72(42-54)81(14,15)48-78(69,8)9/h16-45H,46-48H2,1-15H3. The highest BCUT2D eigenvalue weighted by molar-refractivity contribution is 5.95. The van der Waals surface area contributed by atoms with Crippen LogP contribution in [0.25, 0.3) is 101 Å². The van der Waals surface area contributed by atoms with Crippen LogP contribution in [0.5, 0.6) is 0 Å². The first-order chi connectivity index (χ1) is 39.8. The topological polar surface area (TPSA) is 38.7 Å². The molecule has 13 rings (SSSR count). The van der Waals surface area contributed by atoms with E-state index in [9.17, 15) is 0 Å². The minimum Gasteiger partial charge on any atom is -0.256 e. The van der Waals surface area contributed by atoms with Crippen LogP contribution in [0.2, 0.25) is 0 Å². The van der Waals surface area contributed by atoms with E-state index in [1.54, 1.807) is 0 Å². The molecular weight excluding hydrogens is 1010 g/mol. The van der Waals surface area contributed by atoms with E-state index < -0.39 is 0 Å². The van der Waals surface area contributed by atoms with Gasteiger partial charge in [-0.3, -0.25) is 15.0 Å². The van der Waals surface area contributed by atoms with Crippen molar-refractivity contribution in [2.45, 2.75) is 156 Å². The quantitative estimate of drug-likeness (QED) is 0.145. The highest BCUT2D eigenvalue weighted by Gasteiger charge is 2.44. The molecule has 3 aliphatic carbocycles. The number of nitrogens with zero attached hydrogens (tertiary/aromatic N) is 3. The lowest BCUT2D eigenvalue weighted by molar-refractivity contribution is 0.402. The maximum Gasteiger partial charge on any atom is 0.0705 e. The molecule has 3 aliphatic rings. The van der Waals surface area contributed by atoms with Crippen molar-refractivity contribution in [3.8, 4) is 101 Å². The molecule has 0 N–H and O–H groups in total. The molecule has 3 aromatic heterocycles. The Bertz CT molecular complexity index is 3870. The first kappa shape index (κ1) is 55.2. The summed E-state index contributed by atoms with van der Waals surface area (Å²) >= 11 is 0. The van der Waals surface area contributed by atoms with E-state index in [4.69, 9.17) is 15.0 Å². The van der Waals surface area contributed by atoms with Gasteiger partial charge in [-0.2, -0.15) is 0 Å². The molecule has 0 atom stereocenters. The fourth-order valence-electron chi connectivity index (χ4n) is 16.4. The first-order valence-electron chi connectivity index (χ1n) is 30.6. The lowest BCUT2D eigenvalue weighted by atomic mass is 9.82. The summed E-state index contributed by atoms with van der Waals surface area (Å²) in [6.07, 6.45) is 9.72. The second-order valence-electron chi connectivity index (χ2n) is 29.2. The lowest BCUT2D eigenvalue weighted by Crippen LogP contribution is -2.18. The van der Waals surface area contributed by atoms with Crippen LogP contribution < -0.4 is 0 Å². The largest absolute Gasteiger partial charge is 0.256 e. The Morgan fingerprint density at radius 3 is 0.726 bits per heavy atom. The van der Waals surface area contributed by atoms with Crippen LogP contribution in [-0.4, -0.2) is 15.0 Å². The van der Waals surface area contributed by atoms with Crippen molar-refractivity contribution in [1.82, 2.24) is 15.0 Å². The van der Waals surface area contributed by atoms with Crippen LogP contribution in [0.4, 0.5) is 0 Å². The highest BCUT2D eigenvalue weighted by atomic mass is 14.7. The molecule has 420 valence electrons. The second kappa shape index (κ2) is 19.5. The minimum atomic E-state index is 0.105. The Morgan fingerprint density at radius 1 is 0.238 bits per heavy atom. The van der Waals surface area contributed by atoms with Gasteiger partial charge in [-0.1, -0.05) is 192 Å². The third kappa shape index (κ3) is 9.38. The molecule has 0 amide bonds. The van der Waals surface area contributed by atoms with Crippen molar-refractivity contribution in [3.63, 3.8) is 0 Å². The highest BCUT2D eigenvalue weighted by Crippen LogP contribution is 2.54. The summed E-state index contributed by atoms with van der Waals surface area (Å²) in [5.41, 5.74) is 33.3. The van der Waals surface area contributed by atoms with E-state index in [0.717, 1.165) is 103 Å². The molecule has 0 saturated carbocycles. The summed E-state index contributed by atoms with van der Waals surface area (Å²) in [4.78, 5) is 15.8. The third-order valence-electron chi connectivity index (χ3n) is 19.8. The Hall–Kier alpha value is -8.01. The van der Waals surface area contributed by atoms with Gasteiger partial charge in [-0.05, 0) is 227 Å². The summed E-state index contributed by atoms with van der Waals surface area (Å²) in [5, 5.41) is 0. The summed E-state index contributed by atoms with van der Waals surface area (Å²) in [6, 6.07) is 61.9. The molecule has 3 nitrogen and oxygen atoms in total. The van der Waals surface area contributed by atoms with Crippen LogP contribution in [0.1, 0.15) is 152 Å². The molecule has 7 aromatic carbocycles. The molecular formula is C81H81N3. The Kier molecular flexibility index (Phi) is 12.8. The molecule has 0 bridgehead atoms. The fraction of sp³-hybridized carbons (Fsp3) is 0.296. The van der Waals surface area contributed by atoms with Crippen LogP contribution in [0.3, 0.4) is 0 Å². The van der Waals surface area contributed by atoms with Crippen molar-refractivity contribution in [2.75, 3.05) is 0 Å². The van der Waals surface area contributed by atoms with Gasteiger partial charge in [0, 0.05) is 52.0 Å². The van der Waals surface area contributed by atoms with E-state index in [1.807, 2.05) is 0 Å². The van der Waals surface area contributed by atoms with Crippen molar-refractivity contribution >= 4 is 0 Å². The molecule has 0 fully saturated rings. The first-order valence-corrected chi connectivity index (χ1v) is 30.6. The smallest absolute Gasteiger partial charge is 0.0705 e. The average molecular weight is 1100 g/mol. The molecule has 10 aromatic rings. The Balaban J connectivity index is 0.934. The van der Waals surface area contributed by atoms with E-state index in [2.05, 4.69) is 286 Å². The van der Waals surface area contributed by atoms with Gasteiger partial charge in [0.1, 0.15) is 0 Å². The number of rotatable bonds is 9. The molecule has 84 heavy (non-hydrogen) atoms. The van der Waals surface area contributed by atoms with Gasteiger partial charge in [0.05, 0.1) is 17.1 Å². The number of benzene rings is 7. The number of pyridine rings is 3. The maximum absolute atomic E-state index is 5.26. The van der Waals surface area contributed by atoms with Crippen molar-refractivity contribution in [2.24, 2.45) is 0 Å². The van der Waals surface area contributed by atoms with E-state index >= 15 is 0 Å². The minimum absolute atomic E-state index is 0.105. The molecule has 3 heterocycles. The Morgan fingerprint density at radius 2 is 0.476 bits per heavy atom. The number of hydrogen-bond acceptors (Lipinski definition) is 3. The van der Waals surface area contributed by atoms with Gasteiger partial charge in [-0.25, -0.2) is 0 Å². The summed E-state index contributed by atoms with van der Waals surface area (Å²) in [5.74, 6) is 0. The molecule has 0 saturated heterocycles. The summed E-state index contributed by atoms with van der Waals surface area (Å²) in [6.45, 7) is 35.3. The molecule has 0 radical (unpaired) electrons. The summed E-state index contributed by atoms with van der Waals surface area (Å²) in [7, 11) is 0. The SMILES string of the molecule is Cc1cc(-c2ccc3c(c2)C(C)(C)CC3(C)C)ncc1-c1ccccc1-c1cc(-c2ccccc2-c2cnc(-c3ccc4c(c3)C(C)(C)CC4(C)C)cc2C)cc(-c2ccccc2-c2cnc(-c3ccc4c(c3)C(C)(C)CC4(C)C)cc2C)c1. The zero-order valence-corrected chi connectivity index (χ0v) is 52.3. The van der Waals surface area contributed by atoms with Gasteiger partial charge >= 0.3 is 0 Å². The number of aryl methyl sites for hydroxylation is 3. The van der Waals surface area contributed by atoms with E-state index in [-0.39, 0.29) is 32.5 Å². The normalized spacial score (nSPS) is 17.2. The van der Waals surface area contributed by atoms with Crippen molar-refractivity contribution < 1.29 is 0 Å². The van der Waals surface area contributed by atoms with Crippen LogP contribution in [-0.2, 0) is 32.5 Å². The predicted octanol–water partition coefficient (Wildman–Crippen LogP) is 21.7. The molecule has 0 spiro atoms. The van der Waals surface area contributed by atoms with Gasteiger partial charge in [0.2, 0.25) is 0 Å².